The van der Waals surface area contributed by atoms with Crippen LogP contribution in [0.4, 0.5) is 0 Å². The molecule has 1 N–H and O–H groups in total. The highest BCUT2D eigenvalue weighted by Crippen LogP contribution is 2.26. The number of carbonyl (C=O) groups is 2. The van der Waals surface area contributed by atoms with Crippen molar-refractivity contribution >= 4 is 11.7 Å². The van der Waals surface area contributed by atoms with Gasteiger partial charge in [-0.1, -0.05) is 6.92 Å². The van der Waals surface area contributed by atoms with Crippen molar-refractivity contribution in [2.24, 2.45) is 5.92 Å². The highest BCUT2D eigenvalue weighted by molar-refractivity contribution is 5.78. The van der Waals surface area contributed by atoms with E-state index in [1.807, 2.05) is 0 Å². The van der Waals surface area contributed by atoms with Gasteiger partial charge in [0.1, 0.15) is 5.78 Å². The molecule has 5 heteroatoms. The second-order valence-corrected chi connectivity index (χ2v) is 8.45. The summed E-state index contributed by atoms with van der Waals surface area (Å²) < 4.78 is 12.0. The Morgan fingerprint density at radius 3 is 2.22 bits per heavy atom. The van der Waals surface area contributed by atoms with Crippen molar-refractivity contribution in [2.45, 2.75) is 116 Å². The first-order chi connectivity index (χ1) is 13.0. The van der Waals surface area contributed by atoms with Crippen molar-refractivity contribution in [1.82, 2.24) is 5.32 Å². The van der Waals surface area contributed by atoms with Gasteiger partial charge in [0.15, 0.2) is 0 Å². The molecule has 0 saturated heterocycles. The Morgan fingerprint density at radius 2 is 1.63 bits per heavy atom. The first-order valence-electron chi connectivity index (χ1n) is 11.0. The maximum atomic E-state index is 12.1. The van der Waals surface area contributed by atoms with Gasteiger partial charge in [-0.3, -0.25) is 9.59 Å². The van der Waals surface area contributed by atoms with Crippen molar-refractivity contribution < 1.29 is 19.1 Å². The van der Waals surface area contributed by atoms with E-state index in [0.717, 1.165) is 64.2 Å². The average Bonchev–Trinajstić information content (AvgIpc) is 2.66. The van der Waals surface area contributed by atoms with Crippen LogP contribution in [0.25, 0.3) is 0 Å². The summed E-state index contributed by atoms with van der Waals surface area (Å²) in [7, 11) is 0. The van der Waals surface area contributed by atoms with Gasteiger partial charge in [-0.2, -0.15) is 0 Å². The van der Waals surface area contributed by atoms with Gasteiger partial charge in [-0.25, -0.2) is 0 Å². The fourth-order valence-corrected chi connectivity index (χ4v) is 4.19. The molecule has 2 aliphatic carbocycles. The smallest absolute Gasteiger partial charge is 0.220 e. The Hall–Kier alpha value is -0.940. The molecule has 0 aromatic rings. The monoisotopic (exact) mass is 381 g/mol. The van der Waals surface area contributed by atoms with Crippen molar-refractivity contribution in [2.75, 3.05) is 6.61 Å². The van der Waals surface area contributed by atoms with Gasteiger partial charge in [-0.05, 0) is 78.1 Å². The maximum Gasteiger partial charge on any atom is 0.220 e. The fraction of sp³-hybridized carbons (Fsp3) is 0.909. The molecule has 156 valence electrons. The number of hydrogen-bond acceptors (Lipinski definition) is 4. The first kappa shape index (κ1) is 22.4. The Kier molecular flexibility index (Phi) is 9.77. The third kappa shape index (κ3) is 8.30. The molecule has 2 aliphatic rings. The molecule has 0 aliphatic heterocycles. The van der Waals surface area contributed by atoms with Gasteiger partial charge >= 0.3 is 0 Å². The van der Waals surface area contributed by atoms with Crippen LogP contribution in [0.15, 0.2) is 0 Å². The number of hydrogen-bond donors (Lipinski definition) is 1. The number of carbonyl (C=O) groups excluding carboxylic acids is 2. The minimum absolute atomic E-state index is 0.121. The van der Waals surface area contributed by atoms with Crippen molar-refractivity contribution in [3.63, 3.8) is 0 Å². The molecule has 27 heavy (non-hydrogen) atoms. The van der Waals surface area contributed by atoms with Crippen LogP contribution in [0, 0.1) is 5.92 Å². The Labute approximate surface area is 164 Å². The Balaban J connectivity index is 1.50. The van der Waals surface area contributed by atoms with Crippen molar-refractivity contribution in [1.29, 1.82) is 0 Å². The van der Waals surface area contributed by atoms with Crippen LogP contribution in [0.2, 0.25) is 0 Å². The summed E-state index contributed by atoms with van der Waals surface area (Å²) in [5.41, 5.74) is 0. The van der Waals surface area contributed by atoms with E-state index in [9.17, 15) is 9.59 Å². The second kappa shape index (κ2) is 11.8. The zero-order chi connectivity index (χ0) is 19.6. The lowest BCUT2D eigenvalue weighted by Gasteiger charge is -2.30. The standard InChI is InChI=1S/C22H39NO4/c1-4-16(2)27-21-13-11-20(12-14-21)26-15-5-6-22(25)23-19-9-7-18(8-10-19)17(3)24/h16,18-21H,4-15H2,1-3H3,(H,23,25). The third-order valence-corrected chi connectivity index (χ3v) is 6.19. The molecule has 0 radical (unpaired) electrons. The predicted molar refractivity (Wildman–Crippen MR) is 107 cm³/mol. The summed E-state index contributed by atoms with van der Waals surface area (Å²) >= 11 is 0. The highest BCUT2D eigenvalue weighted by atomic mass is 16.5. The molecule has 0 aromatic carbocycles. The van der Waals surface area contributed by atoms with Gasteiger partial charge in [0.05, 0.1) is 18.3 Å². The Bertz CT molecular complexity index is 451. The second-order valence-electron chi connectivity index (χ2n) is 8.45. The van der Waals surface area contributed by atoms with E-state index in [1.54, 1.807) is 6.92 Å². The number of nitrogens with one attached hydrogen (secondary N) is 1. The Morgan fingerprint density at radius 1 is 1.00 bits per heavy atom. The van der Waals surface area contributed by atoms with E-state index in [2.05, 4.69) is 19.2 Å². The molecule has 0 heterocycles. The molecule has 0 bridgehead atoms. The number of ketones is 1. The van der Waals surface area contributed by atoms with Crippen LogP contribution < -0.4 is 5.32 Å². The van der Waals surface area contributed by atoms with Crippen LogP contribution in [-0.4, -0.2) is 42.7 Å². The molecule has 1 unspecified atom stereocenters. The molecule has 0 aromatic heterocycles. The van der Waals surface area contributed by atoms with Crippen LogP contribution in [0.5, 0.6) is 0 Å². The van der Waals surface area contributed by atoms with Crippen LogP contribution in [0.3, 0.4) is 0 Å². The van der Waals surface area contributed by atoms with Crippen LogP contribution in [0.1, 0.15) is 91.4 Å². The molecular formula is C22H39NO4. The summed E-state index contributed by atoms with van der Waals surface area (Å²) in [6.45, 7) is 6.64. The summed E-state index contributed by atoms with van der Waals surface area (Å²) in [6.07, 6.45) is 11.4. The first-order valence-corrected chi connectivity index (χ1v) is 11.0. The molecule has 2 fully saturated rings. The molecule has 2 rings (SSSR count). The largest absolute Gasteiger partial charge is 0.378 e. The number of rotatable bonds is 10. The zero-order valence-corrected chi connectivity index (χ0v) is 17.5. The topological polar surface area (TPSA) is 64.6 Å². The summed E-state index contributed by atoms with van der Waals surface area (Å²) in [4.78, 5) is 23.5. The molecule has 0 spiro atoms. The lowest BCUT2D eigenvalue weighted by molar-refractivity contribution is -0.123. The summed E-state index contributed by atoms with van der Waals surface area (Å²) in [6, 6.07) is 0.245. The van der Waals surface area contributed by atoms with E-state index in [1.165, 1.54) is 0 Å². The summed E-state index contributed by atoms with van der Waals surface area (Å²) in [5.74, 6) is 0.616. The molecule has 2 saturated carbocycles. The number of amides is 1. The van der Waals surface area contributed by atoms with E-state index >= 15 is 0 Å². The van der Waals surface area contributed by atoms with Crippen molar-refractivity contribution in [3.05, 3.63) is 0 Å². The SMILES string of the molecule is CCC(C)OC1CCC(OCCCC(=O)NC2CCC(C(C)=O)CC2)CC1. The van der Waals surface area contributed by atoms with Gasteiger partial charge in [0, 0.05) is 25.0 Å². The van der Waals surface area contributed by atoms with Gasteiger partial charge in [0.25, 0.3) is 0 Å². The van der Waals surface area contributed by atoms with E-state index < -0.39 is 0 Å². The normalized spacial score (nSPS) is 29.9. The predicted octanol–water partition coefficient (Wildman–Crippen LogP) is 4.17. The van der Waals surface area contributed by atoms with E-state index in [4.69, 9.17) is 9.47 Å². The lowest BCUT2D eigenvalue weighted by Crippen LogP contribution is -2.38. The van der Waals surface area contributed by atoms with E-state index in [-0.39, 0.29) is 23.7 Å². The highest BCUT2D eigenvalue weighted by Gasteiger charge is 2.25. The number of Topliss-reactive ketones (excluding diaryl/α,β-unsaturated/α-hetero) is 1. The molecule has 5 nitrogen and oxygen atoms in total. The summed E-state index contributed by atoms with van der Waals surface area (Å²) in [5, 5.41) is 3.12. The lowest BCUT2D eigenvalue weighted by atomic mass is 9.84. The molecular weight excluding hydrogens is 342 g/mol. The molecule has 1 atom stereocenters. The van der Waals surface area contributed by atoms with Gasteiger partial charge in [0.2, 0.25) is 5.91 Å². The quantitative estimate of drug-likeness (QED) is 0.577. The van der Waals surface area contributed by atoms with Crippen LogP contribution in [-0.2, 0) is 19.1 Å². The third-order valence-electron chi connectivity index (χ3n) is 6.19. The van der Waals surface area contributed by atoms with Crippen LogP contribution >= 0.6 is 0 Å². The zero-order valence-electron chi connectivity index (χ0n) is 17.5. The average molecular weight is 382 g/mol. The maximum absolute atomic E-state index is 12.1. The van der Waals surface area contributed by atoms with Gasteiger partial charge in [-0.15, -0.1) is 0 Å². The van der Waals surface area contributed by atoms with Gasteiger partial charge < -0.3 is 14.8 Å². The van der Waals surface area contributed by atoms with Crippen molar-refractivity contribution in [3.8, 4) is 0 Å². The van der Waals surface area contributed by atoms with E-state index in [0.29, 0.717) is 31.3 Å². The molecule has 1 amide bonds. The minimum Gasteiger partial charge on any atom is -0.378 e. The number of ether oxygens (including phenoxy) is 2. The minimum atomic E-state index is 0.121. The fourth-order valence-electron chi connectivity index (χ4n) is 4.19.